The summed E-state index contributed by atoms with van der Waals surface area (Å²) in [6.45, 7) is 2.14. The van der Waals surface area contributed by atoms with E-state index in [0.29, 0.717) is 5.56 Å². The third-order valence-corrected chi connectivity index (χ3v) is 3.52. The van der Waals surface area contributed by atoms with Crippen molar-refractivity contribution in [1.29, 1.82) is 0 Å². The number of hydrogen-bond donors (Lipinski definition) is 0. The lowest BCUT2D eigenvalue weighted by Crippen LogP contribution is -2.07. The van der Waals surface area contributed by atoms with Crippen molar-refractivity contribution in [2.75, 3.05) is 0 Å². The van der Waals surface area contributed by atoms with Gasteiger partial charge in [0.1, 0.15) is 5.82 Å². The van der Waals surface area contributed by atoms with Crippen LogP contribution in [0.2, 0.25) is 0 Å². The lowest BCUT2D eigenvalue weighted by Gasteiger charge is -2.03. The average Bonchev–Trinajstić information content (AvgIpc) is 2.82. The van der Waals surface area contributed by atoms with Crippen LogP contribution in [0.1, 0.15) is 35.7 Å². The molecular formula is C15H15FO2S. The molecule has 0 spiro atoms. The quantitative estimate of drug-likeness (QED) is 0.755. The monoisotopic (exact) mass is 278 g/mol. The summed E-state index contributed by atoms with van der Waals surface area (Å²) in [5.41, 5.74) is 1.69. The van der Waals surface area contributed by atoms with Gasteiger partial charge in [-0.05, 0) is 30.5 Å². The lowest BCUT2D eigenvalue weighted by atomic mass is 10.1. The van der Waals surface area contributed by atoms with Crippen LogP contribution in [0.25, 0.3) is 0 Å². The standard InChI is InChI=1S/C15H15FO2S/c1-2-3-4-11-5-7-12(8-6-11)15(17)18-14-9-13(16)10-19-14/h5-10H,2-4H2,1H3. The van der Waals surface area contributed by atoms with Crippen LogP contribution in [-0.2, 0) is 6.42 Å². The Morgan fingerprint density at radius 2 is 2.05 bits per heavy atom. The Kier molecular flexibility index (Phi) is 4.68. The fourth-order valence-corrected chi connectivity index (χ4v) is 2.29. The molecule has 4 heteroatoms. The number of aryl methyl sites for hydroxylation is 1. The molecule has 1 aromatic carbocycles. The van der Waals surface area contributed by atoms with E-state index < -0.39 is 5.97 Å². The van der Waals surface area contributed by atoms with Crippen molar-refractivity contribution in [2.45, 2.75) is 26.2 Å². The molecule has 0 aliphatic rings. The molecule has 2 nitrogen and oxygen atoms in total. The van der Waals surface area contributed by atoms with Gasteiger partial charge in [0.25, 0.3) is 0 Å². The zero-order valence-electron chi connectivity index (χ0n) is 10.7. The van der Waals surface area contributed by atoms with E-state index in [1.54, 1.807) is 12.1 Å². The first-order chi connectivity index (χ1) is 9.19. The van der Waals surface area contributed by atoms with Crippen molar-refractivity contribution >= 4 is 17.3 Å². The number of ether oxygens (including phenoxy) is 1. The molecule has 0 aliphatic heterocycles. The normalized spacial score (nSPS) is 10.4. The van der Waals surface area contributed by atoms with Crippen molar-refractivity contribution in [2.24, 2.45) is 0 Å². The highest BCUT2D eigenvalue weighted by Crippen LogP contribution is 2.23. The van der Waals surface area contributed by atoms with Crippen molar-refractivity contribution < 1.29 is 13.9 Å². The molecule has 0 bridgehead atoms. The molecule has 0 atom stereocenters. The average molecular weight is 278 g/mol. The summed E-state index contributed by atoms with van der Waals surface area (Å²) in [6.07, 6.45) is 3.30. The summed E-state index contributed by atoms with van der Waals surface area (Å²) in [6, 6.07) is 8.56. The fourth-order valence-electron chi connectivity index (χ4n) is 1.69. The Balaban J connectivity index is 1.99. The molecule has 0 amide bonds. The van der Waals surface area contributed by atoms with Gasteiger partial charge in [0, 0.05) is 11.4 Å². The zero-order valence-corrected chi connectivity index (χ0v) is 11.5. The van der Waals surface area contributed by atoms with Gasteiger partial charge in [0.2, 0.25) is 0 Å². The van der Waals surface area contributed by atoms with Gasteiger partial charge < -0.3 is 4.74 Å². The van der Waals surface area contributed by atoms with Crippen LogP contribution in [-0.4, -0.2) is 5.97 Å². The maximum atomic E-state index is 12.8. The second kappa shape index (κ2) is 6.48. The van der Waals surface area contributed by atoms with Gasteiger partial charge in [-0.1, -0.05) is 25.5 Å². The van der Waals surface area contributed by atoms with Crippen LogP contribution < -0.4 is 4.74 Å². The summed E-state index contributed by atoms with van der Waals surface area (Å²) >= 11 is 1.07. The van der Waals surface area contributed by atoms with Crippen LogP contribution in [0.3, 0.4) is 0 Å². The Morgan fingerprint density at radius 3 is 2.63 bits per heavy atom. The fraction of sp³-hybridized carbons (Fsp3) is 0.267. The molecule has 100 valence electrons. The van der Waals surface area contributed by atoms with E-state index in [2.05, 4.69) is 6.92 Å². The number of halogens is 1. The maximum absolute atomic E-state index is 12.8. The second-order valence-electron chi connectivity index (χ2n) is 4.27. The van der Waals surface area contributed by atoms with Crippen LogP contribution in [0.4, 0.5) is 4.39 Å². The van der Waals surface area contributed by atoms with Crippen molar-refractivity contribution in [3.63, 3.8) is 0 Å². The van der Waals surface area contributed by atoms with E-state index in [-0.39, 0.29) is 10.9 Å². The largest absolute Gasteiger partial charge is 0.412 e. The van der Waals surface area contributed by atoms with Crippen LogP contribution in [0, 0.1) is 5.82 Å². The molecule has 2 aromatic rings. The van der Waals surface area contributed by atoms with E-state index >= 15 is 0 Å². The molecule has 0 saturated carbocycles. The maximum Gasteiger partial charge on any atom is 0.344 e. The minimum atomic E-state index is -0.455. The number of esters is 1. The number of carbonyl (C=O) groups excluding carboxylic acids is 1. The van der Waals surface area contributed by atoms with E-state index in [1.165, 1.54) is 17.0 Å². The van der Waals surface area contributed by atoms with Gasteiger partial charge in [0.15, 0.2) is 5.06 Å². The summed E-state index contributed by atoms with van der Waals surface area (Å²) in [7, 11) is 0. The minimum absolute atomic E-state index is 0.276. The van der Waals surface area contributed by atoms with Gasteiger partial charge in [-0.25, -0.2) is 9.18 Å². The molecule has 0 unspecified atom stereocenters. The van der Waals surface area contributed by atoms with Gasteiger partial charge in [0.05, 0.1) is 5.56 Å². The van der Waals surface area contributed by atoms with E-state index in [4.69, 9.17) is 4.74 Å². The predicted octanol–water partition coefficient (Wildman–Crippen LogP) is 4.45. The molecular weight excluding hydrogens is 263 g/mol. The number of thiophene rings is 1. The SMILES string of the molecule is CCCCc1ccc(C(=O)Oc2cc(F)cs2)cc1. The van der Waals surface area contributed by atoms with Crippen LogP contribution >= 0.6 is 11.3 Å². The topological polar surface area (TPSA) is 26.3 Å². The third-order valence-electron chi connectivity index (χ3n) is 2.75. The lowest BCUT2D eigenvalue weighted by molar-refractivity contribution is 0.0740. The molecule has 0 radical (unpaired) electrons. The minimum Gasteiger partial charge on any atom is -0.412 e. The number of hydrogen-bond acceptors (Lipinski definition) is 3. The number of benzene rings is 1. The summed E-state index contributed by atoms with van der Waals surface area (Å²) < 4.78 is 17.9. The predicted molar refractivity (Wildman–Crippen MR) is 74.3 cm³/mol. The van der Waals surface area contributed by atoms with E-state index in [1.807, 2.05) is 12.1 Å². The Bertz CT molecular complexity index is 546. The van der Waals surface area contributed by atoms with Crippen molar-refractivity contribution in [3.05, 3.63) is 52.7 Å². The highest BCUT2D eigenvalue weighted by molar-refractivity contribution is 7.11. The van der Waals surface area contributed by atoms with Crippen LogP contribution in [0.15, 0.2) is 35.7 Å². The molecule has 0 saturated heterocycles. The third kappa shape index (κ3) is 3.89. The molecule has 0 fully saturated rings. The van der Waals surface area contributed by atoms with Gasteiger partial charge in [-0.3, -0.25) is 0 Å². The Hall–Kier alpha value is -1.68. The number of rotatable bonds is 5. The summed E-state index contributed by atoms with van der Waals surface area (Å²) in [4.78, 5) is 11.8. The van der Waals surface area contributed by atoms with Crippen molar-refractivity contribution in [1.82, 2.24) is 0 Å². The molecule has 1 aromatic heterocycles. The first-order valence-corrected chi connectivity index (χ1v) is 7.12. The summed E-state index contributed by atoms with van der Waals surface area (Å²) in [5, 5.41) is 1.58. The van der Waals surface area contributed by atoms with E-state index in [0.717, 1.165) is 30.6 Å². The molecule has 1 heterocycles. The first kappa shape index (κ1) is 13.7. The molecule has 19 heavy (non-hydrogen) atoms. The van der Waals surface area contributed by atoms with E-state index in [9.17, 15) is 9.18 Å². The Labute approximate surface area is 115 Å². The first-order valence-electron chi connectivity index (χ1n) is 6.24. The van der Waals surface area contributed by atoms with Crippen LogP contribution in [0.5, 0.6) is 5.06 Å². The summed E-state index contributed by atoms with van der Waals surface area (Å²) in [5.74, 6) is -0.841. The molecule has 2 rings (SSSR count). The highest BCUT2D eigenvalue weighted by Gasteiger charge is 2.10. The van der Waals surface area contributed by atoms with Gasteiger partial charge in [-0.2, -0.15) is 0 Å². The molecule has 0 N–H and O–H groups in total. The smallest absolute Gasteiger partial charge is 0.344 e. The number of carbonyl (C=O) groups is 1. The second-order valence-corrected chi connectivity index (χ2v) is 5.15. The Morgan fingerprint density at radius 1 is 1.32 bits per heavy atom. The zero-order chi connectivity index (χ0) is 13.7. The molecule has 0 aliphatic carbocycles. The van der Waals surface area contributed by atoms with Gasteiger partial charge in [-0.15, -0.1) is 11.3 Å². The number of unbranched alkanes of at least 4 members (excludes halogenated alkanes) is 1. The van der Waals surface area contributed by atoms with Gasteiger partial charge >= 0.3 is 5.97 Å². The highest BCUT2D eigenvalue weighted by atomic mass is 32.1. The van der Waals surface area contributed by atoms with Crippen molar-refractivity contribution in [3.8, 4) is 5.06 Å².